The van der Waals surface area contributed by atoms with E-state index in [9.17, 15) is 22.4 Å². The Labute approximate surface area is 267 Å². The van der Waals surface area contributed by atoms with Crippen molar-refractivity contribution in [1.29, 1.82) is 0 Å². The Morgan fingerprint density at radius 3 is 2.04 bits per heavy atom. The predicted octanol–water partition coefficient (Wildman–Crippen LogP) is 6.37. The molecule has 4 rings (SSSR count). The van der Waals surface area contributed by atoms with Crippen LogP contribution in [0.3, 0.4) is 0 Å². The minimum atomic E-state index is -4.40. The summed E-state index contributed by atoms with van der Waals surface area (Å²) in [6.45, 7) is 4.26. The average Bonchev–Trinajstić information content (AvgIpc) is 3.00. The minimum absolute atomic E-state index is 0.0662. The standard InChI is InChI=1S/C34H34ClF2N3O4S/c1-34(2,3)38-33(42)31(20-24-12-6-4-7-13-24)39(22-25-14-10-11-17-29(25)36)32(41)23-40(26-18-19-30(37)28(35)21-26)45(43,44)27-15-8-5-9-16-27/h4-19,21,31H,20,22-23H2,1-3H3,(H,38,42). The van der Waals surface area contributed by atoms with Gasteiger partial charge in [0.15, 0.2) is 0 Å². The normalized spacial score (nSPS) is 12.3. The van der Waals surface area contributed by atoms with Gasteiger partial charge in [-0.3, -0.25) is 13.9 Å². The molecule has 45 heavy (non-hydrogen) atoms. The molecule has 1 unspecified atom stereocenters. The number of halogens is 3. The number of hydrogen-bond acceptors (Lipinski definition) is 4. The van der Waals surface area contributed by atoms with E-state index in [0.717, 1.165) is 22.0 Å². The lowest BCUT2D eigenvalue weighted by molar-refractivity contribution is -0.140. The molecule has 0 aliphatic carbocycles. The van der Waals surface area contributed by atoms with Crippen LogP contribution in [0.2, 0.25) is 5.02 Å². The number of hydrogen-bond donors (Lipinski definition) is 1. The molecule has 4 aromatic rings. The Bertz CT molecular complexity index is 1750. The molecule has 2 amide bonds. The van der Waals surface area contributed by atoms with Gasteiger partial charge in [-0.25, -0.2) is 17.2 Å². The first-order valence-electron chi connectivity index (χ1n) is 14.2. The van der Waals surface area contributed by atoms with Crippen LogP contribution in [0.15, 0.2) is 108 Å². The maximum absolute atomic E-state index is 15.0. The molecule has 0 heterocycles. The van der Waals surface area contributed by atoms with Crippen LogP contribution < -0.4 is 9.62 Å². The van der Waals surface area contributed by atoms with E-state index in [1.54, 1.807) is 57.2 Å². The first-order valence-corrected chi connectivity index (χ1v) is 16.0. The third-order valence-electron chi connectivity index (χ3n) is 6.87. The quantitative estimate of drug-likeness (QED) is 0.204. The van der Waals surface area contributed by atoms with E-state index >= 15 is 4.39 Å². The van der Waals surface area contributed by atoms with Crippen LogP contribution in [-0.2, 0) is 32.6 Å². The third kappa shape index (κ3) is 8.67. The second-order valence-electron chi connectivity index (χ2n) is 11.5. The summed E-state index contributed by atoms with van der Waals surface area (Å²) in [5.74, 6) is -2.66. The molecule has 0 aliphatic rings. The van der Waals surface area contributed by atoms with Crippen LogP contribution in [0.1, 0.15) is 31.9 Å². The average molecular weight is 654 g/mol. The van der Waals surface area contributed by atoms with Gasteiger partial charge in [0, 0.05) is 24.1 Å². The number of rotatable bonds is 11. The molecule has 1 N–H and O–H groups in total. The maximum Gasteiger partial charge on any atom is 0.264 e. The highest BCUT2D eigenvalue weighted by Gasteiger charge is 2.36. The third-order valence-corrected chi connectivity index (χ3v) is 8.95. The minimum Gasteiger partial charge on any atom is -0.350 e. The van der Waals surface area contributed by atoms with Gasteiger partial charge in [-0.05, 0) is 62.7 Å². The molecule has 0 aromatic heterocycles. The molecule has 0 spiro atoms. The van der Waals surface area contributed by atoms with E-state index in [1.165, 1.54) is 53.4 Å². The van der Waals surface area contributed by atoms with Crippen molar-refractivity contribution < 1.29 is 26.8 Å². The molecular weight excluding hydrogens is 620 g/mol. The Hall–Kier alpha value is -4.28. The molecular formula is C34H34ClF2N3O4S. The summed E-state index contributed by atoms with van der Waals surface area (Å²) < 4.78 is 57.9. The van der Waals surface area contributed by atoms with E-state index in [2.05, 4.69) is 5.32 Å². The van der Waals surface area contributed by atoms with Gasteiger partial charge < -0.3 is 10.2 Å². The van der Waals surface area contributed by atoms with Crippen molar-refractivity contribution in [2.75, 3.05) is 10.8 Å². The molecule has 0 saturated carbocycles. The summed E-state index contributed by atoms with van der Waals surface area (Å²) in [5.41, 5.74) is 0.127. The highest BCUT2D eigenvalue weighted by molar-refractivity contribution is 7.92. The van der Waals surface area contributed by atoms with Crippen molar-refractivity contribution in [2.45, 2.75) is 50.2 Å². The molecule has 4 aromatic carbocycles. The summed E-state index contributed by atoms with van der Waals surface area (Å²) >= 11 is 6.04. The second-order valence-corrected chi connectivity index (χ2v) is 13.8. The zero-order chi connectivity index (χ0) is 32.8. The van der Waals surface area contributed by atoms with Gasteiger partial charge in [-0.2, -0.15) is 0 Å². The Balaban J connectivity index is 1.84. The maximum atomic E-state index is 15.0. The number of nitrogens with zero attached hydrogens (tertiary/aromatic N) is 2. The van der Waals surface area contributed by atoms with Crippen molar-refractivity contribution in [3.8, 4) is 0 Å². The van der Waals surface area contributed by atoms with Crippen LogP contribution in [0.5, 0.6) is 0 Å². The lowest BCUT2D eigenvalue weighted by Gasteiger charge is -2.35. The lowest BCUT2D eigenvalue weighted by Crippen LogP contribution is -2.56. The topological polar surface area (TPSA) is 86.8 Å². The first kappa shape index (κ1) is 33.6. The smallest absolute Gasteiger partial charge is 0.264 e. The van der Waals surface area contributed by atoms with E-state index in [4.69, 9.17) is 11.6 Å². The fourth-order valence-electron chi connectivity index (χ4n) is 4.71. The van der Waals surface area contributed by atoms with Crippen molar-refractivity contribution >= 4 is 39.1 Å². The fraction of sp³-hybridized carbons (Fsp3) is 0.235. The number of anilines is 1. The van der Waals surface area contributed by atoms with E-state index < -0.39 is 51.6 Å². The molecule has 7 nitrogen and oxygen atoms in total. The number of carbonyl (C=O) groups is 2. The van der Waals surface area contributed by atoms with Crippen molar-refractivity contribution in [2.24, 2.45) is 0 Å². The molecule has 0 aliphatic heterocycles. The van der Waals surface area contributed by atoms with Crippen molar-refractivity contribution in [3.63, 3.8) is 0 Å². The summed E-state index contributed by atoms with van der Waals surface area (Å²) in [5, 5.41) is 2.57. The molecule has 0 fully saturated rings. The molecule has 0 saturated heterocycles. The van der Waals surface area contributed by atoms with Gasteiger partial charge in [-0.1, -0.05) is 78.3 Å². The molecule has 0 radical (unpaired) electrons. The van der Waals surface area contributed by atoms with E-state index in [0.29, 0.717) is 0 Å². The Morgan fingerprint density at radius 1 is 0.844 bits per heavy atom. The first-order chi connectivity index (χ1) is 21.3. The van der Waals surface area contributed by atoms with Crippen molar-refractivity contribution in [3.05, 3.63) is 131 Å². The molecule has 0 bridgehead atoms. The summed E-state index contributed by atoms with van der Waals surface area (Å²) in [7, 11) is -4.40. The number of nitrogens with one attached hydrogen (secondary N) is 1. The molecule has 236 valence electrons. The van der Waals surface area contributed by atoms with Crippen molar-refractivity contribution in [1.82, 2.24) is 10.2 Å². The Morgan fingerprint density at radius 2 is 1.44 bits per heavy atom. The van der Waals surface area contributed by atoms with Gasteiger partial charge in [-0.15, -0.1) is 0 Å². The van der Waals surface area contributed by atoms with Gasteiger partial charge in [0.25, 0.3) is 10.0 Å². The van der Waals surface area contributed by atoms with Crippen LogP contribution in [-0.4, -0.2) is 43.3 Å². The highest BCUT2D eigenvalue weighted by atomic mass is 35.5. The monoisotopic (exact) mass is 653 g/mol. The zero-order valence-corrected chi connectivity index (χ0v) is 26.7. The van der Waals surface area contributed by atoms with Crippen LogP contribution in [0, 0.1) is 11.6 Å². The number of sulfonamides is 1. The van der Waals surface area contributed by atoms with Crippen LogP contribution >= 0.6 is 11.6 Å². The van der Waals surface area contributed by atoms with Gasteiger partial charge in [0.05, 0.1) is 15.6 Å². The SMILES string of the molecule is CC(C)(C)NC(=O)C(Cc1ccccc1)N(Cc1ccccc1F)C(=O)CN(c1ccc(F)c(Cl)c1)S(=O)(=O)c1ccccc1. The van der Waals surface area contributed by atoms with Crippen LogP contribution in [0.4, 0.5) is 14.5 Å². The second kappa shape index (κ2) is 14.2. The van der Waals surface area contributed by atoms with Gasteiger partial charge in [0.1, 0.15) is 24.2 Å². The zero-order valence-electron chi connectivity index (χ0n) is 25.1. The largest absolute Gasteiger partial charge is 0.350 e. The summed E-state index contributed by atoms with van der Waals surface area (Å²) in [6, 6.07) is 24.4. The van der Waals surface area contributed by atoms with Gasteiger partial charge >= 0.3 is 0 Å². The van der Waals surface area contributed by atoms with E-state index in [-0.39, 0.29) is 34.1 Å². The number of amides is 2. The molecule has 11 heteroatoms. The van der Waals surface area contributed by atoms with Crippen LogP contribution in [0.25, 0.3) is 0 Å². The highest BCUT2D eigenvalue weighted by Crippen LogP contribution is 2.29. The summed E-state index contributed by atoms with van der Waals surface area (Å²) in [6.07, 6.45) is 0.0662. The number of carbonyl (C=O) groups excluding carboxylic acids is 2. The number of benzene rings is 4. The Kier molecular flexibility index (Phi) is 10.6. The summed E-state index contributed by atoms with van der Waals surface area (Å²) in [4.78, 5) is 29.3. The predicted molar refractivity (Wildman–Crippen MR) is 171 cm³/mol. The van der Waals surface area contributed by atoms with Gasteiger partial charge in [0.2, 0.25) is 11.8 Å². The fourth-order valence-corrected chi connectivity index (χ4v) is 6.31. The molecule has 1 atom stereocenters. The van der Waals surface area contributed by atoms with E-state index in [1.807, 2.05) is 6.07 Å². The lowest BCUT2D eigenvalue weighted by atomic mass is 10.0.